The topological polar surface area (TPSA) is 61.1 Å². The highest BCUT2D eigenvalue weighted by molar-refractivity contribution is 5.84. The summed E-state index contributed by atoms with van der Waals surface area (Å²) in [6, 6.07) is 2.09. The van der Waals surface area contributed by atoms with Crippen molar-refractivity contribution >= 4 is 5.78 Å². The lowest BCUT2D eigenvalue weighted by atomic mass is 9.44. The SMILES string of the molecule is C[C@]12CC[C@H]3[C@@H](CCC4C[C@H](O)CC[C@@]43C)[C@@H]1CC[C@@H]2C(=O)CC#N. The highest BCUT2D eigenvalue weighted by Gasteiger charge is 2.60. The first-order valence-corrected chi connectivity index (χ1v) is 10.5. The number of nitrogens with zero attached hydrogens (tertiary/aromatic N) is 1. The van der Waals surface area contributed by atoms with Crippen molar-refractivity contribution in [1.82, 2.24) is 0 Å². The summed E-state index contributed by atoms with van der Waals surface area (Å²) in [6.45, 7) is 4.87. The number of aliphatic hydroxyl groups excluding tert-OH is 1. The molecule has 0 aromatic carbocycles. The van der Waals surface area contributed by atoms with Gasteiger partial charge in [-0.2, -0.15) is 5.26 Å². The van der Waals surface area contributed by atoms with Crippen LogP contribution < -0.4 is 0 Å². The van der Waals surface area contributed by atoms with Crippen molar-refractivity contribution in [3.05, 3.63) is 0 Å². The van der Waals surface area contributed by atoms with Gasteiger partial charge in [0.05, 0.1) is 18.6 Å². The van der Waals surface area contributed by atoms with Gasteiger partial charge in [-0.15, -0.1) is 0 Å². The van der Waals surface area contributed by atoms with Crippen molar-refractivity contribution < 1.29 is 9.90 Å². The highest BCUT2D eigenvalue weighted by atomic mass is 16.3. The second-order valence-corrected chi connectivity index (χ2v) is 10.1. The second kappa shape index (κ2) is 6.08. The fourth-order valence-corrected chi connectivity index (χ4v) is 7.97. The molecule has 0 aliphatic heterocycles. The average Bonchev–Trinajstić information content (AvgIpc) is 2.93. The summed E-state index contributed by atoms with van der Waals surface area (Å²) in [5.41, 5.74) is 0.532. The zero-order chi connectivity index (χ0) is 17.8. The molecule has 0 amide bonds. The van der Waals surface area contributed by atoms with Crippen molar-refractivity contribution in [1.29, 1.82) is 5.26 Å². The number of ketones is 1. The standard InChI is InChI=1S/C22H33NO2/c1-21-10-7-15(24)13-14(21)3-4-16-17-5-6-19(20(25)9-12-23)22(17,2)11-8-18(16)21/h14-19,24H,3-11,13H2,1-2H3/t14?,15-,16+,17+,18+,19-,21+,22+/m1/s1. The Morgan fingerprint density at radius 2 is 1.76 bits per heavy atom. The van der Waals surface area contributed by atoms with Gasteiger partial charge >= 0.3 is 0 Å². The molecule has 138 valence electrons. The van der Waals surface area contributed by atoms with E-state index in [9.17, 15) is 9.90 Å². The Morgan fingerprint density at radius 1 is 1.04 bits per heavy atom. The van der Waals surface area contributed by atoms with Crippen LogP contribution >= 0.6 is 0 Å². The summed E-state index contributed by atoms with van der Waals surface area (Å²) in [5.74, 6) is 3.23. The Kier molecular flexibility index (Phi) is 4.27. The molecule has 1 unspecified atom stereocenters. The van der Waals surface area contributed by atoms with Crippen LogP contribution in [0.1, 0.15) is 78.1 Å². The minimum atomic E-state index is -0.0806. The van der Waals surface area contributed by atoms with Crippen LogP contribution in [0.4, 0.5) is 0 Å². The summed E-state index contributed by atoms with van der Waals surface area (Å²) >= 11 is 0. The highest BCUT2D eigenvalue weighted by Crippen LogP contribution is 2.67. The van der Waals surface area contributed by atoms with E-state index in [1.807, 2.05) is 0 Å². The molecule has 0 saturated heterocycles. The summed E-state index contributed by atoms with van der Waals surface area (Å²) in [4.78, 5) is 12.5. The van der Waals surface area contributed by atoms with E-state index >= 15 is 0 Å². The van der Waals surface area contributed by atoms with E-state index in [4.69, 9.17) is 5.26 Å². The zero-order valence-electron chi connectivity index (χ0n) is 15.8. The van der Waals surface area contributed by atoms with E-state index in [2.05, 4.69) is 19.9 Å². The van der Waals surface area contributed by atoms with Crippen LogP contribution in [0.15, 0.2) is 0 Å². The van der Waals surface area contributed by atoms with E-state index < -0.39 is 0 Å². The first-order valence-electron chi connectivity index (χ1n) is 10.5. The van der Waals surface area contributed by atoms with Crippen LogP contribution in [0.5, 0.6) is 0 Å². The van der Waals surface area contributed by atoms with Gasteiger partial charge in [-0.05, 0) is 92.3 Å². The molecule has 8 atom stereocenters. The Labute approximate surface area is 152 Å². The number of rotatable bonds is 2. The molecule has 4 fully saturated rings. The van der Waals surface area contributed by atoms with Crippen LogP contribution in [-0.2, 0) is 4.79 Å². The molecule has 3 heteroatoms. The zero-order valence-corrected chi connectivity index (χ0v) is 15.8. The van der Waals surface area contributed by atoms with Gasteiger partial charge < -0.3 is 5.11 Å². The summed E-state index contributed by atoms with van der Waals surface area (Å²) in [7, 11) is 0. The average molecular weight is 344 g/mol. The number of carbonyl (C=O) groups excluding carboxylic acids is 1. The van der Waals surface area contributed by atoms with E-state index in [-0.39, 0.29) is 29.6 Å². The third-order valence-electron chi connectivity index (χ3n) is 9.28. The van der Waals surface area contributed by atoms with Gasteiger partial charge in [-0.25, -0.2) is 0 Å². The maximum atomic E-state index is 12.5. The number of hydrogen-bond donors (Lipinski definition) is 1. The molecule has 3 nitrogen and oxygen atoms in total. The van der Waals surface area contributed by atoms with Gasteiger partial charge in [0.2, 0.25) is 0 Å². The smallest absolute Gasteiger partial charge is 0.150 e. The molecular weight excluding hydrogens is 310 g/mol. The normalized spacial score (nSPS) is 51.8. The molecular formula is C22H33NO2. The van der Waals surface area contributed by atoms with Crippen LogP contribution in [0.3, 0.4) is 0 Å². The van der Waals surface area contributed by atoms with Crippen molar-refractivity contribution in [2.75, 3.05) is 0 Å². The first-order chi connectivity index (χ1) is 11.9. The van der Waals surface area contributed by atoms with Gasteiger partial charge in [-0.3, -0.25) is 4.79 Å². The van der Waals surface area contributed by atoms with Gasteiger partial charge in [0.1, 0.15) is 0 Å². The van der Waals surface area contributed by atoms with Crippen LogP contribution in [0.2, 0.25) is 0 Å². The van der Waals surface area contributed by atoms with E-state index in [1.54, 1.807) is 0 Å². The van der Waals surface area contributed by atoms with Crippen LogP contribution in [0, 0.1) is 51.8 Å². The molecule has 0 bridgehead atoms. The Morgan fingerprint density at radius 3 is 2.52 bits per heavy atom. The number of hydrogen-bond acceptors (Lipinski definition) is 3. The number of carbonyl (C=O) groups is 1. The lowest BCUT2D eigenvalue weighted by Crippen LogP contribution is -2.54. The van der Waals surface area contributed by atoms with E-state index in [1.165, 1.54) is 32.1 Å². The third-order valence-corrected chi connectivity index (χ3v) is 9.28. The quantitative estimate of drug-likeness (QED) is 0.803. The Balaban J connectivity index is 1.58. The van der Waals surface area contributed by atoms with E-state index in [0.29, 0.717) is 17.3 Å². The molecule has 0 spiro atoms. The Bertz CT molecular complexity index is 595. The van der Waals surface area contributed by atoms with Gasteiger partial charge in [-0.1, -0.05) is 13.8 Å². The fraction of sp³-hybridized carbons (Fsp3) is 0.909. The number of fused-ring (bicyclic) bond motifs is 5. The van der Waals surface area contributed by atoms with Crippen molar-refractivity contribution in [3.63, 3.8) is 0 Å². The number of nitriles is 1. The first kappa shape index (κ1) is 17.5. The minimum Gasteiger partial charge on any atom is -0.393 e. The van der Waals surface area contributed by atoms with Gasteiger partial charge in [0.25, 0.3) is 0 Å². The Hall–Kier alpha value is -0.880. The van der Waals surface area contributed by atoms with Gasteiger partial charge in [0, 0.05) is 5.92 Å². The minimum absolute atomic E-state index is 0.0806. The summed E-state index contributed by atoms with van der Waals surface area (Å²) in [6.07, 6.45) is 10.3. The van der Waals surface area contributed by atoms with Crippen molar-refractivity contribution in [2.24, 2.45) is 40.4 Å². The van der Waals surface area contributed by atoms with Crippen LogP contribution in [-0.4, -0.2) is 17.0 Å². The molecule has 4 aliphatic carbocycles. The molecule has 0 heterocycles. The number of Topliss-reactive ketones (excluding diaryl/α,β-unsaturated/α-hetero) is 1. The predicted octanol–water partition coefficient (Wildman–Crippen LogP) is 4.49. The third kappa shape index (κ3) is 2.51. The summed E-state index contributed by atoms with van der Waals surface area (Å²) < 4.78 is 0. The fourth-order valence-electron chi connectivity index (χ4n) is 7.97. The van der Waals surface area contributed by atoms with Crippen LogP contribution in [0.25, 0.3) is 0 Å². The molecule has 4 rings (SSSR count). The van der Waals surface area contributed by atoms with E-state index in [0.717, 1.165) is 37.5 Å². The van der Waals surface area contributed by atoms with Gasteiger partial charge in [0.15, 0.2) is 5.78 Å². The van der Waals surface area contributed by atoms with Crippen molar-refractivity contribution in [3.8, 4) is 6.07 Å². The molecule has 0 aromatic heterocycles. The molecule has 0 aromatic rings. The monoisotopic (exact) mass is 343 g/mol. The molecule has 0 radical (unpaired) electrons. The molecule has 4 aliphatic rings. The molecule has 4 saturated carbocycles. The van der Waals surface area contributed by atoms with Crippen molar-refractivity contribution in [2.45, 2.75) is 84.2 Å². The second-order valence-electron chi connectivity index (χ2n) is 10.1. The molecule has 25 heavy (non-hydrogen) atoms. The maximum absolute atomic E-state index is 12.5. The predicted molar refractivity (Wildman–Crippen MR) is 96.5 cm³/mol. The number of aliphatic hydroxyl groups is 1. The summed E-state index contributed by atoms with van der Waals surface area (Å²) in [5, 5.41) is 19.1. The maximum Gasteiger partial charge on any atom is 0.150 e. The largest absolute Gasteiger partial charge is 0.393 e. The lowest BCUT2D eigenvalue weighted by molar-refractivity contribution is -0.139. The lowest BCUT2D eigenvalue weighted by Gasteiger charge is -2.60. The molecule has 1 N–H and O–H groups in total.